The van der Waals surface area contributed by atoms with Crippen LogP contribution in [0.1, 0.15) is 38.8 Å². The van der Waals surface area contributed by atoms with Crippen LogP contribution in [0.4, 0.5) is 28.0 Å². The van der Waals surface area contributed by atoms with Crippen LogP contribution in [-0.4, -0.2) is 49.4 Å². The quantitative estimate of drug-likeness (QED) is 0.286. The maximum absolute atomic E-state index is 16.1. The molecule has 2 aromatic carbocycles. The lowest BCUT2D eigenvalue weighted by Crippen LogP contribution is -2.45. The number of ether oxygens (including phenoxy) is 3. The van der Waals surface area contributed by atoms with E-state index in [0.717, 1.165) is 7.11 Å². The fourth-order valence-electron chi connectivity index (χ4n) is 3.38. The summed E-state index contributed by atoms with van der Waals surface area (Å²) < 4.78 is 72.1. The molecule has 2 aromatic rings. The third-order valence-corrected chi connectivity index (χ3v) is 5.74. The molecule has 1 unspecified atom stereocenters. The number of methoxy groups -OCH3 is 1. The zero-order chi connectivity index (χ0) is 29.5. The van der Waals surface area contributed by atoms with Crippen LogP contribution in [-0.2, 0) is 32.1 Å². The van der Waals surface area contributed by atoms with Crippen LogP contribution in [0.25, 0.3) is 0 Å². The van der Waals surface area contributed by atoms with Gasteiger partial charge < -0.3 is 19.5 Å². The second-order valence-electron chi connectivity index (χ2n) is 9.49. The summed E-state index contributed by atoms with van der Waals surface area (Å²) in [6.45, 7) is 5.08. The molecule has 39 heavy (non-hydrogen) atoms. The van der Waals surface area contributed by atoms with Gasteiger partial charge in [-0.2, -0.15) is 13.2 Å². The summed E-state index contributed by atoms with van der Waals surface area (Å²) in [6, 6.07) is 8.95. The molecule has 1 atom stereocenters. The van der Waals surface area contributed by atoms with Gasteiger partial charge in [-0.1, -0.05) is 46.3 Å². The van der Waals surface area contributed by atoms with Crippen molar-refractivity contribution < 1.29 is 46.2 Å². The lowest BCUT2D eigenvalue weighted by atomic mass is 10.0. The first kappa shape index (κ1) is 31.9. The Morgan fingerprint density at radius 1 is 1.10 bits per heavy atom. The van der Waals surface area contributed by atoms with Crippen LogP contribution in [0, 0.1) is 5.82 Å². The average Bonchev–Trinajstić information content (AvgIpc) is 2.82. The molecule has 2 amide bonds. The van der Waals surface area contributed by atoms with Crippen molar-refractivity contribution in [3.8, 4) is 5.75 Å². The SMILES string of the molecule is COC(=O)CN(C(=O)C(F)(F)F)c1c(OCc2ccccc2)cc(Br)c(CC(C)NC(=O)OC(C)(C)C)c1F. The van der Waals surface area contributed by atoms with Crippen molar-refractivity contribution >= 4 is 39.6 Å². The number of halogens is 5. The maximum Gasteiger partial charge on any atom is 0.471 e. The monoisotopic (exact) mass is 620 g/mol. The number of hydrogen-bond acceptors (Lipinski definition) is 6. The van der Waals surface area contributed by atoms with E-state index >= 15 is 4.39 Å². The van der Waals surface area contributed by atoms with Crippen LogP contribution in [0.5, 0.6) is 5.75 Å². The van der Waals surface area contributed by atoms with E-state index in [-0.39, 0.29) is 28.0 Å². The second kappa shape index (κ2) is 13.1. The summed E-state index contributed by atoms with van der Waals surface area (Å²) in [4.78, 5) is 36.4. The highest BCUT2D eigenvalue weighted by molar-refractivity contribution is 9.10. The zero-order valence-corrected chi connectivity index (χ0v) is 23.5. The topological polar surface area (TPSA) is 94.2 Å². The molecule has 0 fully saturated rings. The van der Waals surface area contributed by atoms with Gasteiger partial charge in [0.25, 0.3) is 0 Å². The zero-order valence-electron chi connectivity index (χ0n) is 21.9. The largest absolute Gasteiger partial charge is 0.487 e. The number of rotatable bonds is 9. The third kappa shape index (κ3) is 9.41. The Morgan fingerprint density at radius 3 is 2.26 bits per heavy atom. The van der Waals surface area contributed by atoms with Crippen molar-refractivity contribution in [2.75, 3.05) is 18.6 Å². The highest BCUT2D eigenvalue weighted by Crippen LogP contribution is 2.40. The van der Waals surface area contributed by atoms with Crippen LogP contribution >= 0.6 is 15.9 Å². The predicted molar refractivity (Wildman–Crippen MR) is 138 cm³/mol. The molecule has 13 heteroatoms. The normalized spacial score (nSPS) is 12.4. The van der Waals surface area contributed by atoms with Crippen molar-refractivity contribution in [2.24, 2.45) is 0 Å². The van der Waals surface area contributed by atoms with Gasteiger partial charge in [0.1, 0.15) is 30.2 Å². The standard InChI is InChI=1S/C26H29BrF4N2O6/c1-15(32-24(36)39-25(2,3)4)11-17-18(27)12-19(38-14-16-9-7-6-8-10-16)22(21(17)28)33(13-20(34)37-5)23(35)26(29,30)31/h6-10,12,15H,11,13-14H2,1-5H3,(H,32,36). The predicted octanol–water partition coefficient (Wildman–Crippen LogP) is 5.69. The number of alkyl halides is 3. The van der Waals surface area contributed by atoms with E-state index in [4.69, 9.17) is 9.47 Å². The van der Waals surface area contributed by atoms with Gasteiger partial charge in [0.05, 0.1) is 7.11 Å². The van der Waals surface area contributed by atoms with Crippen LogP contribution < -0.4 is 15.0 Å². The fourth-order valence-corrected chi connectivity index (χ4v) is 3.92. The Kier molecular flexibility index (Phi) is 10.7. The molecular weight excluding hydrogens is 592 g/mol. The second-order valence-corrected chi connectivity index (χ2v) is 10.3. The van der Waals surface area contributed by atoms with Gasteiger partial charge in [0.15, 0.2) is 5.82 Å². The summed E-state index contributed by atoms with van der Waals surface area (Å²) in [7, 11) is 0.915. The lowest BCUT2D eigenvalue weighted by molar-refractivity contribution is -0.171. The molecule has 1 N–H and O–H groups in total. The van der Waals surface area contributed by atoms with E-state index in [0.29, 0.717) is 5.56 Å². The number of benzene rings is 2. The number of amides is 2. The Hall–Kier alpha value is -3.35. The molecule has 0 heterocycles. The van der Waals surface area contributed by atoms with Crippen molar-refractivity contribution in [2.45, 2.75) is 58.5 Å². The summed E-state index contributed by atoms with van der Waals surface area (Å²) in [6.07, 6.45) is -6.45. The first-order valence-electron chi connectivity index (χ1n) is 11.7. The van der Waals surface area contributed by atoms with Gasteiger partial charge >= 0.3 is 24.1 Å². The summed E-state index contributed by atoms with van der Waals surface area (Å²) >= 11 is 3.21. The van der Waals surface area contributed by atoms with Crippen molar-refractivity contribution in [1.82, 2.24) is 5.32 Å². The first-order valence-corrected chi connectivity index (χ1v) is 12.5. The average molecular weight is 621 g/mol. The molecule has 0 spiro atoms. The number of esters is 1. The number of carbonyl (C=O) groups is 3. The minimum Gasteiger partial charge on any atom is -0.487 e. The summed E-state index contributed by atoms with van der Waals surface area (Å²) in [5, 5.41) is 2.52. The minimum absolute atomic E-state index is 0.0661. The highest BCUT2D eigenvalue weighted by atomic mass is 79.9. The number of carbonyl (C=O) groups excluding carboxylic acids is 3. The number of nitrogens with zero attached hydrogens (tertiary/aromatic N) is 1. The van der Waals surface area contributed by atoms with Gasteiger partial charge in [-0.05, 0) is 45.7 Å². The number of anilines is 1. The van der Waals surface area contributed by atoms with Crippen molar-refractivity contribution in [3.63, 3.8) is 0 Å². The molecule has 0 saturated heterocycles. The minimum atomic E-state index is -5.45. The molecular formula is C26H29BrF4N2O6. The molecule has 2 rings (SSSR count). The number of hydrogen-bond donors (Lipinski definition) is 1. The van der Waals surface area contributed by atoms with Crippen LogP contribution in [0.15, 0.2) is 40.9 Å². The Morgan fingerprint density at radius 2 is 1.72 bits per heavy atom. The first-order chi connectivity index (χ1) is 18.0. The molecule has 0 aliphatic carbocycles. The molecule has 0 saturated carbocycles. The molecule has 214 valence electrons. The summed E-state index contributed by atoms with van der Waals surface area (Å²) in [5.41, 5.74) is -1.26. The molecule has 0 aliphatic heterocycles. The van der Waals surface area contributed by atoms with E-state index in [1.165, 1.54) is 13.0 Å². The molecule has 8 nitrogen and oxygen atoms in total. The van der Waals surface area contributed by atoms with Crippen LogP contribution in [0.2, 0.25) is 0 Å². The molecule has 0 radical (unpaired) electrons. The van der Waals surface area contributed by atoms with Gasteiger partial charge in [-0.15, -0.1) is 0 Å². The highest BCUT2D eigenvalue weighted by Gasteiger charge is 2.45. The van der Waals surface area contributed by atoms with Gasteiger partial charge in [0.2, 0.25) is 0 Å². The van der Waals surface area contributed by atoms with E-state index in [1.54, 1.807) is 51.1 Å². The Bertz CT molecular complexity index is 1190. The summed E-state index contributed by atoms with van der Waals surface area (Å²) in [5.74, 6) is -5.40. The fraction of sp³-hybridized carbons (Fsp3) is 0.423. The maximum atomic E-state index is 16.1. The van der Waals surface area contributed by atoms with E-state index < -0.39 is 59.6 Å². The van der Waals surface area contributed by atoms with Crippen molar-refractivity contribution in [1.29, 1.82) is 0 Å². The van der Waals surface area contributed by atoms with E-state index in [1.807, 2.05) is 0 Å². The number of alkyl carbamates (subject to hydrolysis) is 1. The van der Waals surface area contributed by atoms with Crippen LogP contribution in [0.3, 0.4) is 0 Å². The Labute approximate surface area is 231 Å². The van der Waals surface area contributed by atoms with E-state index in [9.17, 15) is 27.6 Å². The van der Waals surface area contributed by atoms with Crippen molar-refractivity contribution in [3.05, 3.63) is 57.8 Å². The Balaban J connectivity index is 2.58. The molecule has 0 aliphatic rings. The van der Waals surface area contributed by atoms with E-state index in [2.05, 4.69) is 26.0 Å². The smallest absolute Gasteiger partial charge is 0.471 e. The number of nitrogens with one attached hydrogen (secondary N) is 1. The third-order valence-electron chi connectivity index (χ3n) is 5.04. The molecule has 0 bridgehead atoms. The van der Waals surface area contributed by atoms with Gasteiger partial charge in [-0.25, -0.2) is 9.18 Å². The molecule has 0 aromatic heterocycles. The van der Waals surface area contributed by atoms with Gasteiger partial charge in [-0.3, -0.25) is 14.5 Å². The van der Waals surface area contributed by atoms with Gasteiger partial charge in [0, 0.05) is 16.1 Å². The lowest BCUT2D eigenvalue weighted by Gasteiger charge is -2.27.